The van der Waals surface area contributed by atoms with Crippen LogP contribution in [0.3, 0.4) is 0 Å². The van der Waals surface area contributed by atoms with Crippen molar-refractivity contribution in [1.82, 2.24) is 24.0 Å². The Morgan fingerprint density at radius 1 is 0.671 bits per heavy atom. The molecule has 0 spiro atoms. The maximum atomic E-state index is 15.2. The number of esters is 2. The van der Waals surface area contributed by atoms with Crippen LogP contribution >= 0.6 is 0 Å². The minimum atomic E-state index is -2.01. The fourth-order valence-corrected chi connectivity index (χ4v) is 10.3. The Balaban J connectivity index is 0.883. The summed E-state index contributed by atoms with van der Waals surface area (Å²) in [5.74, 6) is -2.89. The van der Waals surface area contributed by atoms with Gasteiger partial charge in [-0.25, -0.2) is 28.3 Å². The quantitative estimate of drug-likeness (QED) is 0.100. The summed E-state index contributed by atoms with van der Waals surface area (Å²) in [5.41, 5.74) is 0.764. The zero-order chi connectivity index (χ0) is 49.6. The van der Waals surface area contributed by atoms with Crippen LogP contribution < -0.4 is 20.6 Å². The summed E-state index contributed by atoms with van der Waals surface area (Å²) >= 11 is 0. The molecule has 2 aromatic carbocycles. The van der Waals surface area contributed by atoms with Gasteiger partial charge in [-0.05, 0) is 62.1 Å². The average molecular weight is 964 g/mol. The topological polar surface area (TPSA) is 203 Å². The van der Waals surface area contributed by atoms with E-state index in [1.54, 1.807) is 38.1 Å². The van der Waals surface area contributed by atoms with Crippen LogP contribution in [0.4, 0.5) is 8.78 Å². The summed E-state index contributed by atoms with van der Waals surface area (Å²) in [6.45, 7) is 8.71. The summed E-state index contributed by atoms with van der Waals surface area (Å²) in [6.07, 6.45) is -0.0284. The van der Waals surface area contributed by atoms with Gasteiger partial charge in [-0.1, -0.05) is 13.8 Å². The van der Waals surface area contributed by atoms with E-state index in [-0.39, 0.29) is 105 Å². The summed E-state index contributed by atoms with van der Waals surface area (Å²) in [4.78, 5) is 65.3. The van der Waals surface area contributed by atoms with Crippen LogP contribution in [-0.4, -0.2) is 92.7 Å². The second-order valence-electron chi connectivity index (χ2n) is 18.3. The van der Waals surface area contributed by atoms with E-state index in [0.29, 0.717) is 79.9 Å². The molecule has 4 aliphatic rings. The molecule has 366 valence electrons. The number of cyclic esters (lactones) is 2. The summed E-state index contributed by atoms with van der Waals surface area (Å²) < 4.78 is 67.4. The van der Waals surface area contributed by atoms with Crippen LogP contribution in [0.25, 0.3) is 44.6 Å². The first-order chi connectivity index (χ1) is 33.6. The van der Waals surface area contributed by atoms with E-state index in [0.717, 1.165) is 0 Å². The molecule has 0 amide bonds. The van der Waals surface area contributed by atoms with Gasteiger partial charge in [-0.2, -0.15) is 0 Å². The number of halogens is 2. The second kappa shape index (κ2) is 17.6. The van der Waals surface area contributed by atoms with Gasteiger partial charge in [-0.3, -0.25) is 14.5 Å². The lowest BCUT2D eigenvalue weighted by molar-refractivity contribution is -0.172. The normalized spacial score (nSPS) is 18.7. The highest BCUT2D eigenvalue weighted by atomic mass is 19.1. The number of hydrogen-bond donors (Lipinski definition) is 2. The van der Waals surface area contributed by atoms with Gasteiger partial charge in [0.05, 0.1) is 98.7 Å². The lowest BCUT2D eigenvalue weighted by Gasteiger charge is -2.31. The van der Waals surface area contributed by atoms with E-state index >= 15 is 8.78 Å². The van der Waals surface area contributed by atoms with Crippen LogP contribution in [0.15, 0.2) is 46.0 Å². The molecule has 0 saturated heterocycles. The molecule has 2 N–H and O–H groups in total. The Morgan fingerprint density at radius 3 is 1.46 bits per heavy atom. The van der Waals surface area contributed by atoms with Crippen molar-refractivity contribution >= 4 is 33.7 Å². The van der Waals surface area contributed by atoms with Crippen LogP contribution in [0, 0.1) is 11.6 Å². The van der Waals surface area contributed by atoms with E-state index < -0.39 is 45.9 Å². The molecule has 10 rings (SSSR count). The monoisotopic (exact) mass is 963 g/mol. The predicted molar refractivity (Wildman–Crippen MR) is 248 cm³/mol. The molecule has 0 saturated carbocycles. The van der Waals surface area contributed by atoms with Crippen molar-refractivity contribution in [3.05, 3.63) is 113 Å². The molecule has 70 heavy (non-hydrogen) atoms. The Morgan fingerprint density at radius 2 is 1.09 bits per heavy atom. The van der Waals surface area contributed by atoms with E-state index in [2.05, 4.69) is 4.90 Å². The number of nitrogens with zero attached hydrogens (tertiary/aromatic N) is 5. The molecule has 0 radical (unpaired) electrons. The van der Waals surface area contributed by atoms with Gasteiger partial charge >= 0.3 is 11.9 Å². The number of carbonyl (C=O) groups excluding carboxylic acids is 2. The van der Waals surface area contributed by atoms with Crippen LogP contribution in [0.2, 0.25) is 0 Å². The number of aliphatic hydroxyl groups is 2. The van der Waals surface area contributed by atoms with Crippen molar-refractivity contribution < 1.29 is 57.0 Å². The fourth-order valence-electron chi connectivity index (χ4n) is 10.3. The third-order valence-electron chi connectivity index (χ3n) is 14.4. The number of methoxy groups -OCH3 is 2. The third-order valence-corrected chi connectivity index (χ3v) is 14.4. The molecule has 0 unspecified atom stereocenters. The van der Waals surface area contributed by atoms with Crippen molar-refractivity contribution in [1.29, 1.82) is 0 Å². The number of benzene rings is 2. The Hall–Kier alpha value is -6.64. The molecule has 4 aromatic heterocycles. The number of hydrogen-bond acceptors (Lipinski definition) is 15. The van der Waals surface area contributed by atoms with Gasteiger partial charge in [0.25, 0.3) is 11.1 Å². The third kappa shape index (κ3) is 7.27. The number of ether oxygens (including phenoxy) is 6. The van der Waals surface area contributed by atoms with Crippen molar-refractivity contribution in [2.24, 2.45) is 0 Å². The first-order valence-corrected chi connectivity index (χ1v) is 23.2. The van der Waals surface area contributed by atoms with E-state index in [1.807, 2.05) is 13.8 Å². The molecule has 2 atom stereocenters. The predicted octanol–water partition coefficient (Wildman–Crippen LogP) is 5.21. The highest BCUT2D eigenvalue weighted by Crippen LogP contribution is 2.43. The molecule has 0 aliphatic carbocycles. The maximum Gasteiger partial charge on any atom is 0.343 e. The molecule has 4 aliphatic heterocycles. The Labute approximate surface area is 399 Å². The minimum Gasteiger partial charge on any atom is -0.494 e. The zero-order valence-electron chi connectivity index (χ0n) is 39.5. The lowest BCUT2D eigenvalue weighted by atomic mass is 9.86. The molecule has 19 heteroatoms. The van der Waals surface area contributed by atoms with E-state index in [1.165, 1.54) is 35.5 Å². The number of fused-ring (bicyclic) bond motifs is 10. The molecule has 0 bridgehead atoms. The highest BCUT2D eigenvalue weighted by Gasteiger charge is 2.47. The molecular formula is C51H51F2N5O12. The van der Waals surface area contributed by atoms with Gasteiger partial charge < -0.3 is 47.8 Å². The van der Waals surface area contributed by atoms with Gasteiger partial charge in [0, 0.05) is 64.3 Å². The number of pyridine rings is 4. The van der Waals surface area contributed by atoms with Crippen molar-refractivity contribution in [2.75, 3.05) is 40.5 Å². The van der Waals surface area contributed by atoms with Crippen LogP contribution in [0.1, 0.15) is 85.0 Å². The standard InChI is InChI=1S/C51H51F2N5O12/c1-7-50(63)34-15-40-44-28(19-57(40)46(59)32(34)23-69-48(50)61)30(26-13-42(65-5)36(52)17-38(26)54-44)21-67-11-9-56(25(3)4)10-12-68-22-31-27-14-43(66-6)37(53)18-39(27)55-45-29(31)20-58-41(45)16-35-33(47(58)60)24-70-49(62)51(35,64)8-2/h13-18,25,63-64H,7-12,19-24H2,1-6H3/t50-,51-/m0/s1. The van der Waals surface area contributed by atoms with Gasteiger partial charge in [0.1, 0.15) is 13.2 Å². The summed E-state index contributed by atoms with van der Waals surface area (Å²) in [5, 5.41) is 23.9. The number of aromatic nitrogens is 4. The highest BCUT2D eigenvalue weighted by molar-refractivity contribution is 5.91. The van der Waals surface area contributed by atoms with Gasteiger partial charge in [0.15, 0.2) is 34.3 Å². The first kappa shape index (κ1) is 47.1. The summed E-state index contributed by atoms with van der Waals surface area (Å²) in [7, 11) is 2.74. The number of carbonyl (C=O) groups is 2. The van der Waals surface area contributed by atoms with Crippen molar-refractivity contribution in [2.45, 2.75) is 97.3 Å². The SMILES string of the molecule is CC[C@@]1(O)C(=O)OCc2c1cc1n(c2=O)Cc2c-1nc1cc(F)c(OC)cc1c2COCCN(CCOCc1c2c(nc3cc(F)c(OC)cc13)-c1cc3c(c(=O)n1C2)COC(=O)[C@]3(O)CC)C(C)C. The molecule has 0 fully saturated rings. The van der Waals surface area contributed by atoms with E-state index in [9.17, 15) is 29.4 Å². The van der Waals surface area contributed by atoms with Gasteiger partial charge in [-0.15, -0.1) is 0 Å². The largest absolute Gasteiger partial charge is 0.494 e. The molecule has 8 heterocycles. The fraction of sp³-hybridized carbons (Fsp3) is 0.412. The molecule has 6 aromatic rings. The lowest BCUT2D eigenvalue weighted by Crippen LogP contribution is -2.44. The average Bonchev–Trinajstić information content (AvgIpc) is 3.91. The molecular weight excluding hydrogens is 913 g/mol. The smallest absolute Gasteiger partial charge is 0.343 e. The van der Waals surface area contributed by atoms with E-state index in [4.69, 9.17) is 38.4 Å². The van der Waals surface area contributed by atoms with Crippen molar-refractivity contribution in [3.8, 4) is 34.3 Å². The van der Waals surface area contributed by atoms with Crippen molar-refractivity contribution in [3.63, 3.8) is 0 Å². The zero-order valence-corrected chi connectivity index (χ0v) is 39.5. The maximum absolute atomic E-state index is 15.2. The van der Waals surface area contributed by atoms with Crippen LogP contribution in [-0.2, 0) is 79.3 Å². The van der Waals surface area contributed by atoms with Crippen LogP contribution in [0.5, 0.6) is 11.5 Å². The Bertz CT molecular complexity index is 3120. The van der Waals surface area contributed by atoms with Gasteiger partial charge in [0.2, 0.25) is 0 Å². The minimum absolute atomic E-state index is 0.0130. The second-order valence-corrected chi connectivity index (χ2v) is 18.3. The summed E-state index contributed by atoms with van der Waals surface area (Å²) in [6, 6.07) is 8.96. The molecule has 17 nitrogen and oxygen atoms in total. The Kier molecular flexibility index (Phi) is 11.9. The number of rotatable bonds is 15. The first-order valence-electron chi connectivity index (χ1n) is 23.2.